The zero-order chi connectivity index (χ0) is 12.5. The number of ether oxygens (including phenoxy) is 3. The Hall–Kier alpha value is -0.610. The van der Waals surface area contributed by atoms with Crippen LogP contribution in [0.15, 0.2) is 0 Å². The monoisotopic (exact) mass is 242 g/mol. The van der Waals surface area contributed by atoms with E-state index in [0.717, 1.165) is 25.7 Å². The van der Waals surface area contributed by atoms with Crippen molar-refractivity contribution in [3.8, 4) is 0 Å². The summed E-state index contributed by atoms with van der Waals surface area (Å²) in [6, 6.07) is 0. The minimum Gasteiger partial charge on any atom is -0.469 e. The molecule has 2 fully saturated rings. The van der Waals surface area contributed by atoms with Gasteiger partial charge in [-0.25, -0.2) is 0 Å². The van der Waals surface area contributed by atoms with E-state index in [0.29, 0.717) is 13.2 Å². The summed E-state index contributed by atoms with van der Waals surface area (Å²) in [4.78, 5) is 11.8. The van der Waals surface area contributed by atoms with Gasteiger partial charge < -0.3 is 14.2 Å². The van der Waals surface area contributed by atoms with E-state index in [1.807, 2.05) is 6.92 Å². The van der Waals surface area contributed by atoms with Crippen molar-refractivity contribution in [3.05, 3.63) is 0 Å². The molecule has 1 spiro atoms. The average Bonchev–Trinajstić information content (AvgIpc) is 2.81. The van der Waals surface area contributed by atoms with E-state index in [2.05, 4.69) is 6.92 Å². The summed E-state index contributed by atoms with van der Waals surface area (Å²) in [5, 5.41) is 0. The molecule has 17 heavy (non-hydrogen) atoms. The van der Waals surface area contributed by atoms with Crippen LogP contribution in [0.5, 0.6) is 0 Å². The van der Waals surface area contributed by atoms with Crippen molar-refractivity contribution >= 4 is 5.97 Å². The molecular weight excluding hydrogens is 220 g/mol. The maximum Gasteiger partial charge on any atom is 0.309 e. The molecule has 2 rings (SSSR count). The van der Waals surface area contributed by atoms with E-state index in [1.165, 1.54) is 7.11 Å². The van der Waals surface area contributed by atoms with E-state index in [9.17, 15) is 4.79 Å². The fourth-order valence-electron chi connectivity index (χ4n) is 3.24. The molecule has 1 aliphatic carbocycles. The molecule has 0 amide bonds. The van der Waals surface area contributed by atoms with Crippen LogP contribution in [-0.2, 0) is 19.0 Å². The molecule has 0 radical (unpaired) electrons. The maximum atomic E-state index is 11.8. The van der Waals surface area contributed by atoms with Crippen LogP contribution in [0.1, 0.15) is 39.5 Å². The van der Waals surface area contributed by atoms with Crippen LogP contribution < -0.4 is 0 Å². The number of esters is 1. The predicted molar refractivity (Wildman–Crippen MR) is 62.4 cm³/mol. The van der Waals surface area contributed by atoms with Crippen LogP contribution in [0.4, 0.5) is 0 Å². The summed E-state index contributed by atoms with van der Waals surface area (Å²) in [5.74, 6) is -0.947. The summed E-state index contributed by atoms with van der Waals surface area (Å²) in [6.45, 7) is 5.27. The molecule has 1 aliphatic heterocycles. The van der Waals surface area contributed by atoms with Crippen LogP contribution in [0, 0.1) is 11.3 Å². The minimum absolute atomic E-state index is 0.173. The Morgan fingerprint density at radius 1 is 1.24 bits per heavy atom. The van der Waals surface area contributed by atoms with Gasteiger partial charge in [0.25, 0.3) is 0 Å². The Kier molecular flexibility index (Phi) is 3.46. The second kappa shape index (κ2) is 4.58. The zero-order valence-electron chi connectivity index (χ0n) is 11.0. The highest BCUT2D eigenvalue weighted by Crippen LogP contribution is 2.53. The standard InChI is InChI=1S/C13H22O4/c1-10(11(14)15-3)12(2)6-4-5-7-13(12)16-8-9-17-13/h10H,4-9H2,1-3H3. The first kappa shape index (κ1) is 12.8. The smallest absolute Gasteiger partial charge is 0.309 e. The van der Waals surface area contributed by atoms with E-state index < -0.39 is 5.79 Å². The molecule has 0 aromatic heterocycles. The van der Waals surface area contributed by atoms with Crippen LogP contribution >= 0.6 is 0 Å². The summed E-state index contributed by atoms with van der Waals surface area (Å²) in [7, 11) is 1.44. The summed E-state index contributed by atoms with van der Waals surface area (Å²) < 4.78 is 16.6. The van der Waals surface area contributed by atoms with Gasteiger partial charge in [0.15, 0.2) is 5.79 Å². The van der Waals surface area contributed by atoms with Gasteiger partial charge in [-0.15, -0.1) is 0 Å². The van der Waals surface area contributed by atoms with Gasteiger partial charge >= 0.3 is 5.97 Å². The second-order valence-electron chi connectivity index (χ2n) is 5.32. The van der Waals surface area contributed by atoms with Crippen LogP contribution in [0.25, 0.3) is 0 Å². The minimum atomic E-state index is -0.571. The highest BCUT2D eigenvalue weighted by atomic mass is 16.7. The number of hydrogen-bond donors (Lipinski definition) is 0. The number of rotatable bonds is 2. The quantitative estimate of drug-likeness (QED) is 0.696. The first-order valence-electron chi connectivity index (χ1n) is 6.41. The molecule has 1 saturated heterocycles. The first-order chi connectivity index (χ1) is 8.06. The summed E-state index contributed by atoms with van der Waals surface area (Å²) in [5.41, 5.74) is -0.283. The fourth-order valence-corrected chi connectivity index (χ4v) is 3.24. The average molecular weight is 242 g/mol. The third-order valence-electron chi connectivity index (χ3n) is 4.59. The molecule has 0 aromatic carbocycles. The van der Waals surface area contributed by atoms with Gasteiger partial charge in [-0.05, 0) is 12.8 Å². The normalized spacial score (nSPS) is 33.6. The van der Waals surface area contributed by atoms with Crippen molar-refractivity contribution in [1.29, 1.82) is 0 Å². The Morgan fingerprint density at radius 2 is 1.82 bits per heavy atom. The van der Waals surface area contributed by atoms with Crippen molar-refractivity contribution in [1.82, 2.24) is 0 Å². The van der Waals surface area contributed by atoms with Crippen molar-refractivity contribution in [2.45, 2.75) is 45.3 Å². The van der Waals surface area contributed by atoms with Crippen LogP contribution in [0.2, 0.25) is 0 Å². The molecule has 1 heterocycles. The first-order valence-corrected chi connectivity index (χ1v) is 6.41. The molecule has 2 atom stereocenters. The molecular formula is C13H22O4. The lowest BCUT2D eigenvalue weighted by atomic mass is 9.63. The molecule has 1 saturated carbocycles. The zero-order valence-corrected chi connectivity index (χ0v) is 11.0. The SMILES string of the molecule is COC(=O)C(C)C1(C)CCCCC12OCCO2. The maximum absolute atomic E-state index is 11.8. The van der Waals surface area contributed by atoms with Gasteiger partial charge in [-0.3, -0.25) is 4.79 Å². The molecule has 98 valence electrons. The largest absolute Gasteiger partial charge is 0.469 e. The molecule has 0 N–H and O–H groups in total. The highest BCUT2D eigenvalue weighted by molar-refractivity contribution is 5.73. The Morgan fingerprint density at radius 3 is 2.41 bits per heavy atom. The summed E-state index contributed by atoms with van der Waals surface area (Å²) in [6.07, 6.45) is 4.05. The van der Waals surface area contributed by atoms with Gasteiger partial charge in [0, 0.05) is 11.8 Å². The van der Waals surface area contributed by atoms with Gasteiger partial charge in [0.1, 0.15) is 0 Å². The Bertz CT molecular complexity index is 296. The molecule has 2 unspecified atom stereocenters. The third-order valence-corrected chi connectivity index (χ3v) is 4.59. The lowest BCUT2D eigenvalue weighted by molar-refractivity contribution is -0.265. The van der Waals surface area contributed by atoms with E-state index in [4.69, 9.17) is 14.2 Å². The molecule has 4 nitrogen and oxygen atoms in total. The van der Waals surface area contributed by atoms with Gasteiger partial charge in [-0.2, -0.15) is 0 Å². The van der Waals surface area contributed by atoms with E-state index in [-0.39, 0.29) is 17.3 Å². The van der Waals surface area contributed by atoms with Crippen molar-refractivity contribution in [2.75, 3.05) is 20.3 Å². The number of hydrogen-bond acceptors (Lipinski definition) is 4. The van der Waals surface area contributed by atoms with Crippen LogP contribution in [-0.4, -0.2) is 32.1 Å². The fraction of sp³-hybridized carbons (Fsp3) is 0.923. The Balaban J connectivity index is 2.27. The van der Waals surface area contributed by atoms with E-state index in [1.54, 1.807) is 0 Å². The topological polar surface area (TPSA) is 44.8 Å². The number of carbonyl (C=O) groups is 1. The third kappa shape index (κ3) is 1.87. The second-order valence-corrected chi connectivity index (χ2v) is 5.32. The van der Waals surface area contributed by atoms with Crippen molar-refractivity contribution < 1.29 is 19.0 Å². The van der Waals surface area contributed by atoms with Gasteiger partial charge in [-0.1, -0.05) is 20.3 Å². The lowest BCUT2D eigenvalue weighted by Crippen LogP contribution is -2.55. The van der Waals surface area contributed by atoms with Crippen molar-refractivity contribution in [3.63, 3.8) is 0 Å². The number of carbonyl (C=O) groups excluding carboxylic acids is 1. The number of methoxy groups -OCH3 is 1. The molecule has 2 aliphatic rings. The van der Waals surface area contributed by atoms with Gasteiger partial charge in [0.2, 0.25) is 0 Å². The Labute approximate surface area is 103 Å². The highest BCUT2D eigenvalue weighted by Gasteiger charge is 2.58. The van der Waals surface area contributed by atoms with E-state index >= 15 is 0 Å². The predicted octanol–water partition coefficient (Wildman–Crippen LogP) is 2.12. The molecule has 0 aromatic rings. The molecule has 4 heteroatoms. The van der Waals surface area contributed by atoms with Gasteiger partial charge in [0.05, 0.1) is 26.2 Å². The lowest BCUT2D eigenvalue weighted by Gasteiger charge is -2.50. The van der Waals surface area contributed by atoms with Crippen molar-refractivity contribution in [2.24, 2.45) is 11.3 Å². The summed E-state index contributed by atoms with van der Waals surface area (Å²) >= 11 is 0. The van der Waals surface area contributed by atoms with Crippen LogP contribution in [0.3, 0.4) is 0 Å². The molecule has 0 bridgehead atoms.